The Kier molecular flexibility index (Phi) is 7.16. The number of rotatable bonds is 6. The van der Waals surface area contributed by atoms with E-state index in [0.717, 1.165) is 37.9 Å². The molecular weight excluding hydrogens is 250 g/mol. The molecule has 104 valence electrons. The number of carboxylic acids is 1. The standard InChI is InChI=1S/C13H23NO3S/c1-2-8-18-9-12(15)14-11-7-5-3-4-6-10(11)13(16)17/h10-11H,2-9H2,1H3,(H,14,15)(H,16,17)/t10-,11+/m1/s1. The van der Waals surface area contributed by atoms with Gasteiger partial charge in [-0.05, 0) is 25.0 Å². The molecule has 1 aliphatic carbocycles. The number of aliphatic carboxylic acids is 1. The number of amides is 1. The van der Waals surface area contributed by atoms with Crippen molar-refractivity contribution in [1.29, 1.82) is 0 Å². The van der Waals surface area contributed by atoms with Crippen LogP contribution in [-0.4, -0.2) is 34.5 Å². The molecule has 1 saturated carbocycles. The van der Waals surface area contributed by atoms with Crippen LogP contribution in [0, 0.1) is 5.92 Å². The normalized spacial score (nSPS) is 24.3. The average molecular weight is 273 g/mol. The molecule has 1 fully saturated rings. The van der Waals surface area contributed by atoms with Gasteiger partial charge in [-0.15, -0.1) is 0 Å². The SMILES string of the molecule is CCCSCC(=O)N[C@H]1CCCCC[C@H]1C(=O)O. The highest BCUT2D eigenvalue weighted by molar-refractivity contribution is 7.99. The predicted molar refractivity (Wildman–Crippen MR) is 73.8 cm³/mol. The zero-order valence-corrected chi connectivity index (χ0v) is 11.8. The first-order chi connectivity index (χ1) is 8.65. The van der Waals surface area contributed by atoms with E-state index < -0.39 is 11.9 Å². The van der Waals surface area contributed by atoms with E-state index in [1.165, 1.54) is 0 Å². The molecule has 1 rings (SSSR count). The maximum atomic E-state index is 11.7. The highest BCUT2D eigenvalue weighted by Crippen LogP contribution is 2.23. The lowest BCUT2D eigenvalue weighted by atomic mass is 9.95. The molecule has 0 spiro atoms. The topological polar surface area (TPSA) is 66.4 Å². The quantitative estimate of drug-likeness (QED) is 0.575. The smallest absolute Gasteiger partial charge is 0.308 e. The van der Waals surface area contributed by atoms with Gasteiger partial charge in [0.25, 0.3) is 0 Å². The van der Waals surface area contributed by atoms with Crippen molar-refractivity contribution in [1.82, 2.24) is 5.32 Å². The van der Waals surface area contributed by atoms with Crippen LogP contribution in [0.3, 0.4) is 0 Å². The van der Waals surface area contributed by atoms with Crippen LogP contribution in [0.25, 0.3) is 0 Å². The van der Waals surface area contributed by atoms with Crippen molar-refractivity contribution in [3.8, 4) is 0 Å². The Hall–Kier alpha value is -0.710. The fourth-order valence-corrected chi connectivity index (χ4v) is 3.04. The van der Waals surface area contributed by atoms with Crippen LogP contribution in [0.5, 0.6) is 0 Å². The van der Waals surface area contributed by atoms with Gasteiger partial charge in [-0.25, -0.2) is 0 Å². The third-order valence-electron chi connectivity index (χ3n) is 3.26. The molecule has 0 radical (unpaired) electrons. The molecule has 0 saturated heterocycles. The molecule has 0 aromatic rings. The molecule has 5 heteroatoms. The lowest BCUT2D eigenvalue weighted by Crippen LogP contribution is -2.43. The lowest BCUT2D eigenvalue weighted by molar-refractivity contribution is -0.143. The van der Waals surface area contributed by atoms with E-state index in [0.29, 0.717) is 12.2 Å². The average Bonchev–Trinajstić information content (AvgIpc) is 2.55. The Labute approximate surface area is 113 Å². The van der Waals surface area contributed by atoms with Gasteiger partial charge in [0, 0.05) is 6.04 Å². The Balaban J connectivity index is 2.44. The van der Waals surface area contributed by atoms with Crippen molar-refractivity contribution in [3.05, 3.63) is 0 Å². The number of carbonyl (C=O) groups excluding carboxylic acids is 1. The highest BCUT2D eigenvalue weighted by Gasteiger charge is 2.30. The van der Waals surface area contributed by atoms with Crippen molar-refractivity contribution in [2.24, 2.45) is 5.92 Å². The molecule has 0 heterocycles. The summed E-state index contributed by atoms with van der Waals surface area (Å²) in [6, 6.07) is -0.181. The van der Waals surface area contributed by atoms with E-state index in [2.05, 4.69) is 12.2 Å². The van der Waals surface area contributed by atoms with Crippen LogP contribution >= 0.6 is 11.8 Å². The van der Waals surface area contributed by atoms with Crippen LogP contribution in [-0.2, 0) is 9.59 Å². The number of hydrogen-bond acceptors (Lipinski definition) is 3. The van der Waals surface area contributed by atoms with E-state index in [-0.39, 0.29) is 11.9 Å². The highest BCUT2D eigenvalue weighted by atomic mass is 32.2. The Bertz CT molecular complexity index is 283. The summed E-state index contributed by atoms with van der Waals surface area (Å²) in [4.78, 5) is 22.9. The minimum atomic E-state index is -0.775. The molecule has 0 aliphatic heterocycles. The lowest BCUT2D eigenvalue weighted by Gasteiger charge is -2.22. The number of thioether (sulfide) groups is 1. The summed E-state index contributed by atoms with van der Waals surface area (Å²) in [5.74, 6) is 0.208. The third-order valence-corrected chi connectivity index (χ3v) is 4.42. The molecule has 0 unspecified atom stereocenters. The van der Waals surface area contributed by atoms with Gasteiger partial charge in [-0.2, -0.15) is 11.8 Å². The van der Waals surface area contributed by atoms with E-state index in [1.807, 2.05) is 0 Å². The van der Waals surface area contributed by atoms with Gasteiger partial charge in [0.2, 0.25) is 5.91 Å². The Morgan fingerprint density at radius 1 is 1.28 bits per heavy atom. The van der Waals surface area contributed by atoms with Crippen LogP contribution < -0.4 is 5.32 Å². The summed E-state index contributed by atoms with van der Waals surface area (Å²) < 4.78 is 0. The first-order valence-electron chi connectivity index (χ1n) is 6.75. The molecule has 0 bridgehead atoms. The van der Waals surface area contributed by atoms with Crippen LogP contribution in [0.2, 0.25) is 0 Å². The van der Waals surface area contributed by atoms with E-state index >= 15 is 0 Å². The third kappa shape index (κ3) is 5.29. The Morgan fingerprint density at radius 2 is 2.00 bits per heavy atom. The van der Waals surface area contributed by atoms with Crippen molar-refractivity contribution in [2.45, 2.75) is 51.5 Å². The predicted octanol–water partition coefficient (Wildman–Crippen LogP) is 2.28. The summed E-state index contributed by atoms with van der Waals surface area (Å²) in [5.41, 5.74) is 0. The molecule has 0 aromatic heterocycles. The maximum Gasteiger partial charge on any atom is 0.308 e. The number of carboxylic acid groups (broad SMARTS) is 1. The second-order valence-corrected chi connectivity index (χ2v) is 5.91. The van der Waals surface area contributed by atoms with E-state index in [1.54, 1.807) is 11.8 Å². The minimum absolute atomic E-state index is 0.0217. The summed E-state index contributed by atoms with van der Waals surface area (Å²) in [7, 11) is 0. The van der Waals surface area contributed by atoms with Gasteiger partial charge in [-0.1, -0.05) is 26.2 Å². The van der Waals surface area contributed by atoms with Crippen molar-refractivity contribution >= 4 is 23.6 Å². The fourth-order valence-electron chi connectivity index (χ4n) is 2.33. The number of nitrogens with one attached hydrogen (secondary N) is 1. The molecule has 1 aliphatic rings. The summed E-state index contributed by atoms with van der Waals surface area (Å²) >= 11 is 1.61. The maximum absolute atomic E-state index is 11.7. The van der Waals surface area contributed by atoms with Crippen molar-refractivity contribution in [3.63, 3.8) is 0 Å². The molecule has 18 heavy (non-hydrogen) atoms. The van der Waals surface area contributed by atoms with Gasteiger partial charge in [0.15, 0.2) is 0 Å². The molecule has 2 atom stereocenters. The second kappa shape index (κ2) is 8.40. The van der Waals surface area contributed by atoms with Crippen LogP contribution in [0.15, 0.2) is 0 Å². The summed E-state index contributed by atoms with van der Waals surface area (Å²) in [6.45, 7) is 2.08. The van der Waals surface area contributed by atoms with Gasteiger partial charge in [0.05, 0.1) is 11.7 Å². The summed E-state index contributed by atoms with van der Waals surface area (Å²) in [5, 5.41) is 12.1. The van der Waals surface area contributed by atoms with E-state index in [9.17, 15) is 14.7 Å². The minimum Gasteiger partial charge on any atom is -0.481 e. The first kappa shape index (κ1) is 15.3. The molecule has 1 amide bonds. The Morgan fingerprint density at radius 3 is 2.67 bits per heavy atom. The monoisotopic (exact) mass is 273 g/mol. The van der Waals surface area contributed by atoms with Gasteiger partial charge >= 0.3 is 5.97 Å². The molecule has 4 nitrogen and oxygen atoms in total. The largest absolute Gasteiger partial charge is 0.481 e. The molecule has 2 N–H and O–H groups in total. The fraction of sp³-hybridized carbons (Fsp3) is 0.846. The molecule has 0 aromatic carbocycles. The van der Waals surface area contributed by atoms with Gasteiger partial charge in [0.1, 0.15) is 0 Å². The van der Waals surface area contributed by atoms with Crippen LogP contribution in [0.4, 0.5) is 0 Å². The number of hydrogen-bond donors (Lipinski definition) is 2. The summed E-state index contributed by atoms with van der Waals surface area (Å²) in [6.07, 6.45) is 5.56. The van der Waals surface area contributed by atoms with Crippen molar-refractivity contribution in [2.75, 3.05) is 11.5 Å². The zero-order chi connectivity index (χ0) is 13.4. The van der Waals surface area contributed by atoms with Gasteiger partial charge in [-0.3, -0.25) is 9.59 Å². The van der Waals surface area contributed by atoms with Crippen molar-refractivity contribution < 1.29 is 14.7 Å². The van der Waals surface area contributed by atoms with E-state index in [4.69, 9.17) is 0 Å². The van der Waals surface area contributed by atoms with Gasteiger partial charge < -0.3 is 10.4 Å². The zero-order valence-electron chi connectivity index (χ0n) is 11.0. The molecular formula is C13H23NO3S. The second-order valence-electron chi connectivity index (χ2n) is 4.81. The van der Waals surface area contributed by atoms with Crippen LogP contribution in [0.1, 0.15) is 45.4 Å². The first-order valence-corrected chi connectivity index (χ1v) is 7.90. The number of carbonyl (C=O) groups is 2.